The van der Waals surface area contributed by atoms with E-state index in [1.54, 1.807) is 18.2 Å². The van der Waals surface area contributed by atoms with E-state index in [0.29, 0.717) is 12.1 Å². The molecule has 0 aliphatic carbocycles. The van der Waals surface area contributed by atoms with Crippen LogP contribution >= 0.6 is 0 Å². The number of ether oxygens (including phenoxy) is 1. The van der Waals surface area contributed by atoms with Crippen LogP contribution in [0.25, 0.3) is 6.08 Å². The fourth-order valence-electron chi connectivity index (χ4n) is 1.46. The van der Waals surface area contributed by atoms with Gasteiger partial charge in [-0.05, 0) is 19.5 Å². The van der Waals surface area contributed by atoms with Crippen molar-refractivity contribution < 1.29 is 17.9 Å². The van der Waals surface area contributed by atoms with Crippen molar-refractivity contribution in [3.63, 3.8) is 0 Å². The second kappa shape index (κ2) is 6.44. The van der Waals surface area contributed by atoms with Gasteiger partial charge < -0.3 is 10.1 Å². The van der Waals surface area contributed by atoms with Gasteiger partial charge in [0.25, 0.3) is 0 Å². The molecule has 0 fully saturated rings. The lowest BCUT2D eigenvalue weighted by Gasteiger charge is -2.11. The molecule has 0 saturated carbocycles. The van der Waals surface area contributed by atoms with Gasteiger partial charge in [0.1, 0.15) is 5.75 Å². The van der Waals surface area contributed by atoms with Crippen molar-refractivity contribution in [1.29, 1.82) is 0 Å². The highest BCUT2D eigenvalue weighted by molar-refractivity contribution is 5.59. The Hall–Kier alpha value is -1.49. The number of para-hydroxylation sites is 1. The van der Waals surface area contributed by atoms with Gasteiger partial charge in [-0.25, -0.2) is 0 Å². The number of benzene rings is 1. The van der Waals surface area contributed by atoms with E-state index in [1.807, 2.05) is 13.8 Å². The summed E-state index contributed by atoms with van der Waals surface area (Å²) in [5.41, 5.74) is 1.36. The molecule has 0 atom stereocenters. The Kier molecular flexibility index (Phi) is 5.22. The predicted octanol–water partition coefficient (Wildman–Crippen LogP) is 3.60. The van der Waals surface area contributed by atoms with Crippen LogP contribution in [0.2, 0.25) is 0 Å². The van der Waals surface area contributed by atoms with Gasteiger partial charge in [-0.15, -0.1) is 13.2 Å². The van der Waals surface area contributed by atoms with Gasteiger partial charge in [0.15, 0.2) is 0 Å². The first kappa shape index (κ1) is 14.6. The smallest absolute Gasteiger partial charge is 0.405 e. The van der Waals surface area contributed by atoms with Gasteiger partial charge in [-0.1, -0.05) is 36.8 Å². The van der Waals surface area contributed by atoms with Gasteiger partial charge in [0.05, 0.1) is 0 Å². The van der Waals surface area contributed by atoms with Crippen LogP contribution < -0.4 is 10.1 Å². The molecule has 0 amide bonds. The summed E-state index contributed by atoms with van der Waals surface area (Å²) in [6.45, 7) is 5.27. The van der Waals surface area contributed by atoms with Gasteiger partial charge in [0.2, 0.25) is 0 Å². The van der Waals surface area contributed by atoms with Crippen LogP contribution in [0.3, 0.4) is 0 Å². The zero-order valence-electron chi connectivity index (χ0n) is 10.3. The lowest BCUT2D eigenvalue weighted by atomic mass is 10.1. The maximum absolute atomic E-state index is 12.2. The first-order valence-corrected chi connectivity index (χ1v) is 5.65. The Morgan fingerprint density at radius 1 is 1.33 bits per heavy atom. The van der Waals surface area contributed by atoms with Crippen molar-refractivity contribution in [2.24, 2.45) is 0 Å². The Morgan fingerprint density at radius 2 is 2.00 bits per heavy atom. The molecule has 0 saturated heterocycles. The van der Waals surface area contributed by atoms with Crippen LogP contribution in [0.15, 0.2) is 29.8 Å². The fourth-order valence-corrected chi connectivity index (χ4v) is 1.46. The van der Waals surface area contributed by atoms with E-state index in [-0.39, 0.29) is 5.75 Å². The standard InChI is InChI=1S/C13H16F3NO/c1-3-17-9-10(2)8-11-6-4-5-7-12(11)18-13(14,15)16/h4-8,17H,3,9H2,1-2H3. The molecule has 0 bridgehead atoms. The molecule has 1 aromatic rings. The maximum Gasteiger partial charge on any atom is 0.573 e. The van der Waals surface area contributed by atoms with Crippen molar-refractivity contribution in [2.75, 3.05) is 13.1 Å². The minimum absolute atomic E-state index is 0.180. The molecule has 100 valence electrons. The summed E-state index contributed by atoms with van der Waals surface area (Å²) in [6.07, 6.45) is -2.98. The van der Waals surface area contributed by atoms with E-state index in [0.717, 1.165) is 12.1 Å². The third kappa shape index (κ3) is 5.23. The van der Waals surface area contributed by atoms with Crippen molar-refractivity contribution in [2.45, 2.75) is 20.2 Å². The number of hydrogen-bond donors (Lipinski definition) is 1. The highest BCUT2D eigenvalue weighted by Crippen LogP contribution is 2.27. The van der Waals surface area contributed by atoms with Gasteiger partial charge in [-0.3, -0.25) is 0 Å². The summed E-state index contributed by atoms with van der Waals surface area (Å²) in [5.74, 6) is -0.180. The highest BCUT2D eigenvalue weighted by Gasteiger charge is 2.31. The lowest BCUT2D eigenvalue weighted by molar-refractivity contribution is -0.274. The summed E-state index contributed by atoms with van der Waals surface area (Å²) >= 11 is 0. The first-order chi connectivity index (χ1) is 8.42. The molecule has 0 aliphatic rings. The number of alkyl halides is 3. The molecule has 1 aromatic carbocycles. The normalized spacial score (nSPS) is 12.6. The average molecular weight is 259 g/mol. The zero-order valence-corrected chi connectivity index (χ0v) is 10.3. The molecule has 0 unspecified atom stereocenters. The van der Waals surface area contributed by atoms with Crippen LogP contribution in [0.1, 0.15) is 19.4 Å². The van der Waals surface area contributed by atoms with Gasteiger partial charge in [0, 0.05) is 12.1 Å². The Labute approximate surface area is 104 Å². The molecule has 2 nitrogen and oxygen atoms in total. The Balaban J connectivity index is 2.88. The highest BCUT2D eigenvalue weighted by atomic mass is 19.4. The molecule has 0 spiro atoms. The second-order valence-electron chi connectivity index (χ2n) is 3.86. The maximum atomic E-state index is 12.2. The topological polar surface area (TPSA) is 21.3 Å². The summed E-state index contributed by atoms with van der Waals surface area (Å²) in [6, 6.07) is 6.09. The van der Waals surface area contributed by atoms with Crippen LogP contribution in [-0.2, 0) is 0 Å². The molecule has 0 aromatic heterocycles. The molecule has 1 rings (SSSR count). The van der Waals surface area contributed by atoms with Crippen LogP contribution in [-0.4, -0.2) is 19.5 Å². The van der Waals surface area contributed by atoms with Gasteiger partial charge in [-0.2, -0.15) is 0 Å². The number of likely N-dealkylation sites (N-methyl/N-ethyl adjacent to an activating group) is 1. The average Bonchev–Trinajstić information content (AvgIpc) is 2.27. The number of halogens is 3. The molecule has 0 radical (unpaired) electrons. The summed E-state index contributed by atoms with van der Waals surface area (Å²) in [5, 5.41) is 3.10. The Morgan fingerprint density at radius 3 is 2.61 bits per heavy atom. The van der Waals surface area contributed by atoms with Gasteiger partial charge >= 0.3 is 6.36 Å². The molecule has 0 heterocycles. The van der Waals surface area contributed by atoms with Crippen molar-refractivity contribution in [3.05, 3.63) is 35.4 Å². The fraction of sp³-hybridized carbons (Fsp3) is 0.385. The van der Waals surface area contributed by atoms with E-state index in [2.05, 4.69) is 10.1 Å². The van der Waals surface area contributed by atoms with E-state index >= 15 is 0 Å². The molecule has 1 N–H and O–H groups in total. The number of hydrogen-bond acceptors (Lipinski definition) is 2. The largest absolute Gasteiger partial charge is 0.573 e. The lowest BCUT2D eigenvalue weighted by Crippen LogP contribution is -2.18. The monoisotopic (exact) mass is 259 g/mol. The minimum Gasteiger partial charge on any atom is -0.405 e. The van der Waals surface area contributed by atoms with Crippen molar-refractivity contribution in [3.8, 4) is 5.75 Å². The molecule has 5 heteroatoms. The molecule has 18 heavy (non-hydrogen) atoms. The second-order valence-corrected chi connectivity index (χ2v) is 3.86. The van der Waals surface area contributed by atoms with E-state index in [9.17, 15) is 13.2 Å². The van der Waals surface area contributed by atoms with E-state index < -0.39 is 6.36 Å². The molecular weight excluding hydrogens is 243 g/mol. The zero-order chi connectivity index (χ0) is 13.6. The SMILES string of the molecule is CCNCC(C)=Cc1ccccc1OC(F)(F)F. The van der Waals surface area contributed by atoms with E-state index in [1.165, 1.54) is 12.1 Å². The van der Waals surface area contributed by atoms with Crippen LogP contribution in [0, 0.1) is 0 Å². The number of nitrogens with one attached hydrogen (secondary N) is 1. The minimum atomic E-state index is -4.67. The third-order valence-electron chi connectivity index (χ3n) is 2.20. The predicted molar refractivity (Wildman–Crippen MR) is 65.3 cm³/mol. The Bertz CT molecular complexity index is 413. The van der Waals surface area contributed by atoms with E-state index in [4.69, 9.17) is 0 Å². The molecular formula is C13H16F3NO. The van der Waals surface area contributed by atoms with Crippen molar-refractivity contribution >= 4 is 6.08 Å². The number of rotatable bonds is 5. The van der Waals surface area contributed by atoms with Crippen molar-refractivity contribution in [1.82, 2.24) is 5.32 Å². The van der Waals surface area contributed by atoms with Crippen LogP contribution in [0.4, 0.5) is 13.2 Å². The quantitative estimate of drug-likeness (QED) is 0.872. The summed E-state index contributed by atoms with van der Waals surface area (Å²) in [7, 11) is 0. The molecule has 0 aliphatic heterocycles. The summed E-state index contributed by atoms with van der Waals surface area (Å²) in [4.78, 5) is 0. The summed E-state index contributed by atoms with van der Waals surface area (Å²) < 4.78 is 40.6. The van der Waals surface area contributed by atoms with Crippen LogP contribution in [0.5, 0.6) is 5.75 Å². The third-order valence-corrected chi connectivity index (χ3v) is 2.20. The first-order valence-electron chi connectivity index (χ1n) is 5.65.